The summed E-state index contributed by atoms with van der Waals surface area (Å²) in [5.41, 5.74) is 0.956. The lowest BCUT2D eigenvalue weighted by Crippen LogP contribution is -2.34. The van der Waals surface area contributed by atoms with Crippen molar-refractivity contribution in [3.8, 4) is 0 Å². The van der Waals surface area contributed by atoms with E-state index in [2.05, 4.69) is 25.1 Å². The summed E-state index contributed by atoms with van der Waals surface area (Å²) < 4.78 is 7.06. The van der Waals surface area contributed by atoms with E-state index in [1.807, 2.05) is 0 Å². The first kappa shape index (κ1) is 17.8. The highest BCUT2D eigenvalue weighted by atomic mass is 17.0. The molecule has 27 heavy (non-hydrogen) atoms. The van der Waals surface area contributed by atoms with Gasteiger partial charge >= 0.3 is 0 Å². The van der Waals surface area contributed by atoms with Crippen molar-refractivity contribution < 1.29 is 24.9 Å². The molecule has 2 aliphatic rings. The number of nitrogens with zero attached hydrogens (tertiary/aromatic N) is 5. The zero-order valence-electron chi connectivity index (χ0n) is 14.3. The Morgan fingerprint density at radius 2 is 2.07 bits per heavy atom. The van der Waals surface area contributed by atoms with E-state index in [-0.39, 0.29) is 0 Å². The van der Waals surface area contributed by atoms with Crippen LogP contribution in [0.25, 0.3) is 11.2 Å². The molecule has 1 saturated heterocycles. The summed E-state index contributed by atoms with van der Waals surface area (Å²) in [5.74, 6) is 0.604. The highest BCUT2D eigenvalue weighted by Crippen LogP contribution is 2.33. The van der Waals surface area contributed by atoms with E-state index < -0.39 is 36.2 Å². The van der Waals surface area contributed by atoms with Gasteiger partial charge in [-0.25, -0.2) is 15.0 Å². The summed E-state index contributed by atoms with van der Waals surface area (Å²) in [6.45, 7) is -0.488. The summed E-state index contributed by atoms with van der Waals surface area (Å²) in [6, 6.07) is 0.340. The van der Waals surface area contributed by atoms with Gasteiger partial charge in [0.2, 0.25) is 0 Å². The topological polar surface area (TPSA) is 158 Å². The van der Waals surface area contributed by atoms with Crippen LogP contribution in [0.3, 0.4) is 0 Å². The molecule has 1 aliphatic carbocycles. The zero-order valence-corrected chi connectivity index (χ0v) is 14.3. The molecule has 1 aliphatic heterocycles. The number of aliphatic hydroxyl groups is 2. The third kappa shape index (κ3) is 3.38. The van der Waals surface area contributed by atoms with Gasteiger partial charge in [-0.3, -0.25) is 4.57 Å². The van der Waals surface area contributed by atoms with Gasteiger partial charge in [0, 0.05) is 6.04 Å². The maximum atomic E-state index is 10.4. The molecule has 3 heterocycles. The predicted octanol–water partition coefficient (Wildman–Crippen LogP) is 0.00830. The first-order valence-corrected chi connectivity index (χ1v) is 8.77. The Kier molecular flexibility index (Phi) is 4.76. The third-order valence-electron chi connectivity index (χ3n) is 5.01. The minimum atomic E-state index is -1.34. The number of aliphatic hydroxyl groups excluding tert-OH is 2. The van der Waals surface area contributed by atoms with Crippen LogP contribution in [0.15, 0.2) is 12.7 Å². The maximum absolute atomic E-state index is 10.4. The number of hydrogen-bond acceptors (Lipinski definition) is 10. The van der Waals surface area contributed by atoms with Gasteiger partial charge in [-0.2, -0.15) is 0 Å². The van der Waals surface area contributed by atoms with Crippen molar-refractivity contribution in [3.63, 3.8) is 0 Å². The molecule has 2 aromatic heterocycles. The Morgan fingerprint density at radius 1 is 1.30 bits per heavy atom. The van der Waals surface area contributed by atoms with Crippen LogP contribution in [-0.4, -0.2) is 65.8 Å². The van der Waals surface area contributed by atoms with E-state index in [1.165, 1.54) is 30.1 Å². The Hall–Kier alpha value is -2.57. The second-order valence-corrected chi connectivity index (χ2v) is 6.74. The normalized spacial score (nSPS) is 28.7. The smallest absolute Gasteiger partial charge is 0.294 e. The summed E-state index contributed by atoms with van der Waals surface area (Å²) in [7, 11) is 0. The quantitative estimate of drug-likeness (QED) is 0.460. The fourth-order valence-electron chi connectivity index (χ4n) is 3.64. The molecule has 146 valence electrons. The van der Waals surface area contributed by atoms with Crippen LogP contribution in [0.4, 0.5) is 5.82 Å². The SMILES string of the molecule is O=[N+]([O-])OCC1OC(n2cnc3c(NC4CCCC4)ncnc32)[C@H](O)[C@@H]1O. The lowest BCUT2D eigenvalue weighted by atomic mass is 10.1. The van der Waals surface area contributed by atoms with E-state index >= 15 is 0 Å². The summed E-state index contributed by atoms with van der Waals surface area (Å²) >= 11 is 0. The van der Waals surface area contributed by atoms with E-state index in [0.717, 1.165) is 12.8 Å². The Labute approximate surface area is 153 Å². The minimum Gasteiger partial charge on any atom is -0.387 e. The molecule has 0 aromatic carbocycles. The molecule has 2 aromatic rings. The molecule has 2 unspecified atom stereocenters. The van der Waals surface area contributed by atoms with E-state index in [9.17, 15) is 20.3 Å². The molecule has 0 bridgehead atoms. The number of anilines is 1. The van der Waals surface area contributed by atoms with Gasteiger partial charge in [0.05, 0.1) is 6.33 Å². The van der Waals surface area contributed by atoms with Crippen molar-refractivity contribution in [1.29, 1.82) is 0 Å². The molecule has 4 atom stereocenters. The van der Waals surface area contributed by atoms with Gasteiger partial charge in [-0.05, 0) is 12.8 Å². The van der Waals surface area contributed by atoms with Gasteiger partial charge in [0.1, 0.15) is 31.2 Å². The van der Waals surface area contributed by atoms with Crippen LogP contribution in [0.1, 0.15) is 31.9 Å². The second kappa shape index (κ2) is 7.21. The zero-order chi connectivity index (χ0) is 19.0. The Balaban J connectivity index is 1.57. The van der Waals surface area contributed by atoms with Crippen molar-refractivity contribution in [2.24, 2.45) is 0 Å². The molecule has 2 fully saturated rings. The first-order chi connectivity index (χ1) is 13.0. The van der Waals surface area contributed by atoms with E-state index in [4.69, 9.17) is 4.74 Å². The summed E-state index contributed by atoms with van der Waals surface area (Å²) in [4.78, 5) is 27.4. The fraction of sp³-hybridized carbons (Fsp3) is 0.667. The summed E-state index contributed by atoms with van der Waals surface area (Å²) in [5, 5.41) is 33.2. The minimum absolute atomic E-state index is 0.340. The molecule has 4 rings (SSSR count). The maximum Gasteiger partial charge on any atom is 0.294 e. The number of fused-ring (bicyclic) bond motifs is 1. The molecule has 0 amide bonds. The number of hydrogen-bond donors (Lipinski definition) is 3. The van der Waals surface area contributed by atoms with Crippen molar-refractivity contribution >= 4 is 17.0 Å². The lowest BCUT2D eigenvalue weighted by molar-refractivity contribution is -0.759. The molecule has 0 spiro atoms. The average Bonchev–Trinajstić information content (AvgIpc) is 3.36. The molecule has 0 radical (unpaired) electrons. The Bertz CT molecular complexity index is 824. The van der Waals surface area contributed by atoms with Crippen LogP contribution in [0.5, 0.6) is 0 Å². The number of aromatic nitrogens is 4. The predicted molar refractivity (Wildman–Crippen MR) is 90.1 cm³/mol. The molecule has 1 saturated carbocycles. The van der Waals surface area contributed by atoms with Crippen LogP contribution in [0, 0.1) is 10.1 Å². The average molecular weight is 380 g/mol. The number of nitrogens with one attached hydrogen (secondary N) is 1. The van der Waals surface area contributed by atoms with Crippen LogP contribution in [0.2, 0.25) is 0 Å². The van der Waals surface area contributed by atoms with Crippen molar-refractivity contribution in [2.45, 2.75) is 56.3 Å². The van der Waals surface area contributed by atoms with E-state index in [0.29, 0.717) is 23.0 Å². The first-order valence-electron chi connectivity index (χ1n) is 8.77. The fourth-order valence-corrected chi connectivity index (χ4v) is 3.64. The number of ether oxygens (including phenoxy) is 1. The molecule has 3 N–H and O–H groups in total. The van der Waals surface area contributed by atoms with Gasteiger partial charge < -0.3 is 25.1 Å². The monoisotopic (exact) mass is 380 g/mol. The molecular formula is C15H20N6O6. The molecule has 12 nitrogen and oxygen atoms in total. The van der Waals surface area contributed by atoms with Crippen LogP contribution < -0.4 is 5.32 Å². The van der Waals surface area contributed by atoms with Crippen LogP contribution >= 0.6 is 0 Å². The highest BCUT2D eigenvalue weighted by molar-refractivity contribution is 5.82. The number of imidazole rings is 1. The molecular weight excluding hydrogens is 360 g/mol. The van der Waals surface area contributed by atoms with Crippen molar-refractivity contribution in [3.05, 3.63) is 22.8 Å². The third-order valence-corrected chi connectivity index (χ3v) is 5.01. The van der Waals surface area contributed by atoms with Crippen molar-refractivity contribution in [2.75, 3.05) is 11.9 Å². The Morgan fingerprint density at radius 3 is 2.81 bits per heavy atom. The highest BCUT2D eigenvalue weighted by Gasteiger charge is 2.44. The van der Waals surface area contributed by atoms with Crippen molar-refractivity contribution in [1.82, 2.24) is 19.5 Å². The lowest BCUT2D eigenvalue weighted by Gasteiger charge is -2.17. The largest absolute Gasteiger partial charge is 0.387 e. The van der Waals surface area contributed by atoms with Gasteiger partial charge in [0.15, 0.2) is 23.2 Å². The van der Waals surface area contributed by atoms with E-state index in [1.54, 1.807) is 0 Å². The molecule has 12 heteroatoms. The second-order valence-electron chi connectivity index (χ2n) is 6.74. The standard InChI is InChI=1S/C15H20N6O6/c22-11-9(5-26-21(24)25)27-15(12(11)23)20-7-18-10-13(16-6-17-14(10)20)19-8-3-1-2-4-8/h6-9,11-12,15,22-23H,1-5H2,(H,16,17,19)/t9?,11-,12-,15?/m1/s1. The van der Waals surface area contributed by atoms with Crippen LogP contribution in [-0.2, 0) is 9.57 Å². The number of rotatable bonds is 6. The van der Waals surface area contributed by atoms with Gasteiger partial charge in [-0.15, -0.1) is 10.1 Å². The van der Waals surface area contributed by atoms with Gasteiger partial charge in [-0.1, -0.05) is 12.8 Å². The summed E-state index contributed by atoms with van der Waals surface area (Å²) in [6.07, 6.45) is 2.61. The van der Waals surface area contributed by atoms with Gasteiger partial charge in [0.25, 0.3) is 5.09 Å².